The molecule has 2 aliphatic rings. The number of amides is 4. The summed E-state index contributed by atoms with van der Waals surface area (Å²) in [6, 6.07) is 13.0. The molecule has 35 heavy (non-hydrogen) atoms. The highest BCUT2D eigenvalue weighted by Gasteiger charge is 2.35. The van der Waals surface area contributed by atoms with E-state index >= 15 is 0 Å². The van der Waals surface area contributed by atoms with E-state index in [-0.39, 0.29) is 35.7 Å². The predicted octanol–water partition coefficient (Wildman–Crippen LogP) is 2.24. The van der Waals surface area contributed by atoms with Gasteiger partial charge in [0.1, 0.15) is 0 Å². The maximum Gasteiger partial charge on any atom is 0.321 e. The smallest absolute Gasteiger partial charge is 0.321 e. The third kappa shape index (κ3) is 5.01. The van der Waals surface area contributed by atoms with Crippen LogP contribution in [-0.2, 0) is 19.6 Å². The summed E-state index contributed by atoms with van der Waals surface area (Å²) in [5.74, 6) is -1.00. The van der Waals surface area contributed by atoms with E-state index < -0.39 is 15.9 Å². The average Bonchev–Trinajstić information content (AvgIpc) is 3.46. The number of anilines is 3. The Hall–Kier alpha value is -3.44. The molecule has 10 nitrogen and oxygen atoms in total. The molecule has 2 aliphatic heterocycles. The van der Waals surface area contributed by atoms with E-state index in [1.54, 1.807) is 55.1 Å². The summed E-state index contributed by atoms with van der Waals surface area (Å²) in [5, 5.41) is 5.58. The average molecular weight is 500 g/mol. The number of carbonyl (C=O) groups excluding carboxylic acids is 3. The van der Waals surface area contributed by atoms with Crippen molar-refractivity contribution in [1.29, 1.82) is 0 Å². The molecule has 0 spiro atoms. The van der Waals surface area contributed by atoms with Gasteiger partial charge in [0.15, 0.2) is 0 Å². The number of hydrogen-bond acceptors (Lipinski definition) is 5. The first-order chi connectivity index (χ1) is 16.7. The van der Waals surface area contributed by atoms with Gasteiger partial charge in [-0.1, -0.05) is 13.8 Å². The van der Waals surface area contributed by atoms with Crippen LogP contribution in [0.3, 0.4) is 0 Å². The first-order valence-corrected chi connectivity index (χ1v) is 13.1. The molecular formula is C24H29N5O5S. The minimum absolute atomic E-state index is 0.0668. The molecule has 2 aromatic carbocycles. The van der Waals surface area contributed by atoms with Crippen molar-refractivity contribution in [3.05, 3.63) is 48.5 Å². The van der Waals surface area contributed by atoms with Crippen LogP contribution in [-0.4, -0.2) is 63.3 Å². The van der Waals surface area contributed by atoms with Crippen LogP contribution in [0.1, 0.15) is 20.3 Å². The quantitative estimate of drug-likeness (QED) is 0.577. The molecule has 2 aromatic rings. The van der Waals surface area contributed by atoms with Gasteiger partial charge in [0.2, 0.25) is 21.8 Å². The van der Waals surface area contributed by atoms with Crippen molar-refractivity contribution in [2.75, 3.05) is 47.8 Å². The fourth-order valence-corrected chi connectivity index (χ4v) is 5.79. The van der Waals surface area contributed by atoms with E-state index in [0.29, 0.717) is 37.6 Å². The highest BCUT2D eigenvalue weighted by molar-refractivity contribution is 7.89. The molecule has 0 saturated carbocycles. The maximum absolute atomic E-state index is 12.8. The van der Waals surface area contributed by atoms with E-state index in [2.05, 4.69) is 10.6 Å². The molecule has 2 heterocycles. The predicted molar refractivity (Wildman–Crippen MR) is 133 cm³/mol. The van der Waals surface area contributed by atoms with Gasteiger partial charge in [0.25, 0.3) is 0 Å². The number of sulfonamides is 1. The van der Waals surface area contributed by atoms with Crippen molar-refractivity contribution in [1.82, 2.24) is 9.62 Å². The molecule has 1 atom stereocenters. The Morgan fingerprint density at radius 1 is 1.00 bits per heavy atom. The lowest BCUT2D eigenvalue weighted by Crippen LogP contribution is -2.31. The normalized spacial score (nSPS) is 18.3. The van der Waals surface area contributed by atoms with Gasteiger partial charge in [-0.2, -0.15) is 4.31 Å². The van der Waals surface area contributed by atoms with Crippen molar-refractivity contribution in [3.63, 3.8) is 0 Å². The third-order valence-corrected chi connectivity index (χ3v) is 8.35. The van der Waals surface area contributed by atoms with Crippen molar-refractivity contribution < 1.29 is 22.8 Å². The van der Waals surface area contributed by atoms with E-state index in [9.17, 15) is 22.8 Å². The molecule has 0 radical (unpaired) electrons. The van der Waals surface area contributed by atoms with E-state index in [1.165, 1.54) is 21.3 Å². The van der Waals surface area contributed by atoms with Crippen LogP contribution in [0.25, 0.3) is 0 Å². The first kappa shape index (κ1) is 24.7. The molecule has 186 valence electrons. The fourth-order valence-electron chi connectivity index (χ4n) is 4.33. The van der Waals surface area contributed by atoms with Gasteiger partial charge in [0, 0.05) is 56.2 Å². The highest BCUT2D eigenvalue weighted by atomic mass is 32.2. The highest BCUT2D eigenvalue weighted by Crippen LogP contribution is 2.28. The maximum atomic E-state index is 12.8. The van der Waals surface area contributed by atoms with Crippen molar-refractivity contribution in [2.24, 2.45) is 5.92 Å². The molecule has 0 bridgehead atoms. The fraction of sp³-hybridized carbons (Fsp3) is 0.375. The van der Waals surface area contributed by atoms with Crippen LogP contribution in [0.15, 0.2) is 53.4 Å². The topological polar surface area (TPSA) is 119 Å². The number of nitrogens with zero attached hydrogens (tertiary/aromatic N) is 3. The van der Waals surface area contributed by atoms with Crippen molar-refractivity contribution in [3.8, 4) is 0 Å². The molecule has 2 fully saturated rings. The molecule has 4 amide bonds. The summed E-state index contributed by atoms with van der Waals surface area (Å²) in [4.78, 5) is 40.5. The Bertz CT molecular complexity index is 1210. The van der Waals surface area contributed by atoms with E-state index in [0.717, 1.165) is 5.69 Å². The number of hydrogen-bond donors (Lipinski definition) is 2. The monoisotopic (exact) mass is 499 g/mol. The van der Waals surface area contributed by atoms with Crippen LogP contribution in [0.2, 0.25) is 0 Å². The molecule has 0 aromatic heterocycles. The van der Waals surface area contributed by atoms with Gasteiger partial charge in [0.05, 0.1) is 10.8 Å². The second-order valence-electron chi connectivity index (χ2n) is 8.41. The summed E-state index contributed by atoms with van der Waals surface area (Å²) >= 11 is 0. The Balaban J connectivity index is 1.39. The van der Waals surface area contributed by atoms with E-state index in [4.69, 9.17) is 0 Å². The van der Waals surface area contributed by atoms with E-state index in [1.807, 2.05) is 0 Å². The first-order valence-electron chi connectivity index (χ1n) is 11.6. The van der Waals surface area contributed by atoms with Crippen LogP contribution in [0, 0.1) is 5.92 Å². The lowest BCUT2D eigenvalue weighted by Gasteiger charge is -2.20. The number of benzene rings is 2. The van der Waals surface area contributed by atoms with Gasteiger partial charge in [-0.05, 0) is 48.5 Å². The number of rotatable bonds is 8. The summed E-state index contributed by atoms with van der Waals surface area (Å²) in [5.41, 5.74) is 1.87. The number of carbonyl (C=O) groups is 3. The zero-order chi connectivity index (χ0) is 25.2. The molecule has 0 aliphatic carbocycles. The Morgan fingerprint density at radius 2 is 1.60 bits per heavy atom. The second kappa shape index (κ2) is 10.0. The van der Waals surface area contributed by atoms with Gasteiger partial charge >= 0.3 is 6.03 Å². The molecule has 1 unspecified atom stereocenters. The van der Waals surface area contributed by atoms with Gasteiger partial charge in [-0.3, -0.25) is 14.5 Å². The Labute approximate surface area is 204 Å². The van der Waals surface area contributed by atoms with Crippen LogP contribution in [0.4, 0.5) is 21.9 Å². The lowest BCUT2D eigenvalue weighted by atomic mass is 10.1. The summed E-state index contributed by atoms with van der Waals surface area (Å²) in [7, 11) is -3.58. The van der Waals surface area contributed by atoms with Crippen molar-refractivity contribution in [2.45, 2.75) is 25.2 Å². The SMILES string of the molecule is CCN(CC)S(=O)(=O)c1ccc(N2CC(C(=O)Nc3ccc(N4CCNC4=O)cc3)CC2=O)cc1. The molecule has 4 rings (SSSR count). The van der Waals surface area contributed by atoms with Gasteiger partial charge < -0.3 is 15.5 Å². The van der Waals surface area contributed by atoms with Crippen molar-refractivity contribution >= 4 is 44.9 Å². The van der Waals surface area contributed by atoms with Gasteiger partial charge in [-0.25, -0.2) is 13.2 Å². The molecule has 2 N–H and O–H groups in total. The summed E-state index contributed by atoms with van der Waals surface area (Å²) < 4.78 is 26.7. The standard InChI is InChI=1S/C24H29N5O5S/c1-3-27(4-2)35(33,34)21-11-9-20(10-12-21)29-16-17(15-22(29)30)23(31)26-18-5-7-19(8-6-18)28-14-13-25-24(28)32/h5-12,17H,3-4,13-16H2,1-2H3,(H,25,32)(H,26,31). The Morgan fingerprint density at radius 3 is 2.17 bits per heavy atom. The molecule has 2 saturated heterocycles. The minimum Gasteiger partial charge on any atom is -0.336 e. The Kier molecular flexibility index (Phi) is 7.08. The molecular weight excluding hydrogens is 470 g/mol. The van der Waals surface area contributed by atoms with Gasteiger partial charge in [-0.15, -0.1) is 0 Å². The molecule has 11 heteroatoms. The zero-order valence-electron chi connectivity index (χ0n) is 19.7. The largest absolute Gasteiger partial charge is 0.336 e. The van der Waals surface area contributed by atoms with Crippen LogP contribution >= 0.6 is 0 Å². The third-order valence-electron chi connectivity index (χ3n) is 6.29. The second-order valence-corrected chi connectivity index (χ2v) is 10.3. The van der Waals surface area contributed by atoms with Crippen LogP contribution < -0.4 is 20.4 Å². The summed E-state index contributed by atoms with van der Waals surface area (Å²) in [6.07, 6.45) is 0.0668. The lowest BCUT2D eigenvalue weighted by molar-refractivity contribution is -0.122. The number of urea groups is 1. The summed E-state index contributed by atoms with van der Waals surface area (Å²) in [6.45, 7) is 5.70. The van der Waals surface area contributed by atoms with Crippen LogP contribution in [0.5, 0.6) is 0 Å². The zero-order valence-corrected chi connectivity index (χ0v) is 20.5. The minimum atomic E-state index is -3.58. The number of nitrogens with one attached hydrogen (secondary N) is 2.